The number of esters is 1. The molecule has 3 rings (SSSR count). The van der Waals surface area contributed by atoms with Crippen LogP contribution in [0.1, 0.15) is 23.2 Å². The summed E-state index contributed by atoms with van der Waals surface area (Å²) in [7, 11) is 1.37. The number of carbonyl (C=O) groups excluding carboxylic acids is 3. The van der Waals surface area contributed by atoms with E-state index < -0.39 is 17.5 Å². The van der Waals surface area contributed by atoms with Gasteiger partial charge in [-0.1, -0.05) is 0 Å². The second kappa shape index (κ2) is 6.08. The Kier molecular flexibility index (Phi) is 4.12. The molecular formula is C16H17FN2O4. The molecule has 1 aromatic carbocycles. The molecule has 0 aliphatic carbocycles. The number of ketones is 1. The molecule has 0 spiro atoms. The molecule has 2 aliphatic heterocycles. The Morgan fingerprint density at radius 3 is 2.65 bits per heavy atom. The lowest BCUT2D eigenvalue weighted by Gasteiger charge is -2.33. The van der Waals surface area contributed by atoms with Gasteiger partial charge in [0.25, 0.3) is 5.78 Å². The average molecular weight is 320 g/mol. The lowest BCUT2D eigenvalue weighted by Crippen LogP contribution is -2.45. The molecule has 2 heterocycles. The lowest BCUT2D eigenvalue weighted by molar-refractivity contribution is -0.147. The molecule has 2 aliphatic rings. The van der Waals surface area contributed by atoms with E-state index >= 15 is 0 Å². The lowest BCUT2D eigenvalue weighted by atomic mass is 9.97. The van der Waals surface area contributed by atoms with E-state index in [0.29, 0.717) is 31.6 Å². The van der Waals surface area contributed by atoms with E-state index in [4.69, 9.17) is 4.74 Å². The Hall–Kier alpha value is -2.28. The fourth-order valence-electron chi connectivity index (χ4n) is 3.09. The fraction of sp³-hybridized carbons (Fsp3) is 0.438. The number of piperidine rings is 1. The van der Waals surface area contributed by atoms with E-state index in [1.54, 1.807) is 0 Å². The van der Waals surface area contributed by atoms with Gasteiger partial charge in [0.15, 0.2) is 0 Å². The van der Waals surface area contributed by atoms with Crippen LogP contribution in [-0.2, 0) is 14.3 Å². The number of anilines is 1. The van der Waals surface area contributed by atoms with Crippen LogP contribution in [0.5, 0.6) is 0 Å². The summed E-state index contributed by atoms with van der Waals surface area (Å²) in [4.78, 5) is 39.0. The topological polar surface area (TPSA) is 66.9 Å². The molecule has 0 unspecified atom stereocenters. The number of carbonyl (C=O) groups is 3. The van der Waals surface area contributed by atoms with Crippen LogP contribution in [0.3, 0.4) is 0 Å². The van der Waals surface area contributed by atoms with Crippen molar-refractivity contribution in [2.24, 2.45) is 5.92 Å². The van der Waals surface area contributed by atoms with Crippen LogP contribution in [0.4, 0.5) is 10.1 Å². The summed E-state index contributed by atoms with van der Waals surface area (Å²) in [5, 5.41) is 0. The molecule has 0 bridgehead atoms. The van der Waals surface area contributed by atoms with Gasteiger partial charge in [-0.2, -0.15) is 0 Å². The highest BCUT2D eigenvalue weighted by Gasteiger charge is 2.37. The van der Waals surface area contributed by atoms with Gasteiger partial charge in [-0.3, -0.25) is 24.2 Å². The third kappa shape index (κ3) is 2.84. The van der Waals surface area contributed by atoms with Crippen molar-refractivity contribution in [3.05, 3.63) is 29.6 Å². The fourth-order valence-corrected chi connectivity index (χ4v) is 3.09. The van der Waals surface area contributed by atoms with Crippen molar-refractivity contribution in [3.8, 4) is 0 Å². The highest BCUT2D eigenvalue weighted by molar-refractivity contribution is 6.52. The zero-order valence-electron chi connectivity index (χ0n) is 12.8. The molecule has 0 N–H and O–H groups in total. The Bertz CT molecular complexity index is 668. The molecule has 0 radical (unpaired) electrons. The normalized spacial score (nSPS) is 19.1. The first-order valence-electron chi connectivity index (χ1n) is 7.47. The average Bonchev–Trinajstić information content (AvgIpc) is 2.79. The minimum absolute atomic E-state index is 0.111. The van der Waals surface area contributed by atoms with E-state index in [0.717, 1.165) is 6.07 Å². The van der Waals surface area contributed by atoms with Crippen LogP contribution >= 0.6 is 0 Å². The summed E-state index contributed by atoms with van der Waals surface area (Å²) in [6.45, 7) is 1.53. The Balaban J connectivity index is 1.69. The first kappa shape index (κ1) is 15.6. The summed E-state index contributed by atoms with van der Waals surface area (Å²) < 4.78 is 18.0. The van der Waals surface area contributed by atoms with Crippen LogP contribution in [0, 0.1) is 11.7 Å². The highest BCUT2D eigenvalue weighted by atomic mass is 19.1. The molecule has 1 amide bonds. The number of benzene rings is 1. The van der Waals surface area contributed by atoms with Crippen molar-refractivity contribution in [3.63, 3.8) is 0 Å². The van der Waals surface area contributed by atoms with Gasteiger partial charge in [0.2, 0.25) is 0 Å². The molecule has 23 heavy (non-hydrogen) atoms. The number of nitrogens with zero attached hydrogens (tertiary/aromatic N) is 2. The van der Waals surface area contributed by atoms with Gasteiger partial charge in [0.05, 0.1) is 30.9 Å². The van der Waals surface area contributed by atoms with Crippen molar-refractivity contribution >= 4 is 23.3 Å². The summed E-state index contributed by atoms with van der Waals surface area (Å²) in [6.07, 6.45) is 1.30. The summed E-state index contributed by atoms with van der Waals surface area (Å²) >= 11 is 0. The minimum atomic E-state index is -0.677. The molecule has 1 aromatic rings. The predicted molar refractivity (Wildman–Crippen MR) is 79.4 cm³/mol. The summed E-state index contributed by atoms with van der Waals surface area (Å²) in [5.74, 6) is -2.18. The van der Waals surface area contributed by atoms with Crippen LogP contribution in [0.2, 0.25) is 0 Å². The quantitative estimate of drug-likeness (QED) is 0.618. The van der Waals surface area contributed by atoms with Gasteiger partial charge in [0.1, 0.15) is 5.82 Å². The van der Waals surface area contributed by atoms with Crippen molar-refractivity contribution in [1.82, 2.24) is 4.90 Å². The maximum Gasteiger partial charge on any atom is 0.308 e. The van der Waals surface area contributed by atoms with Crippen molar-refractivity contribution < 1.29 is 23.5 Å². The zero-order chi connectivity index (χ0) is 16.6. The molecule has 0 aromatic heterocycles. The van der Waals surface area contributed by atoms with Crippen LogP contribution in [0.25, 0.3) is 0 Å². The first-order chi connectivity index (χ1) is 11.0. The number of fused-ring (bicyclic) bond motifs is 1. The number of halogens is 1. The van der Waals surface area contributed by atoms with Crippen molar-refractivity contribution in [2.45, 2.75) is 12.8 Å². The Morgan fingerprint density at radius 1 is 1.30 bits per heavy atom. The second-order valence-corrected chi connectivity index (χ2v) is 5.78. The van der Waals surface area contributed by atoms with E-state index in [1.165, 1.54) is 24.1 Å². The SMILES string of the molecule is COC(=O)C1CCN(CN2C(=O)C(=O)c3cc(F)ccc32)CC1. The summed E-state index contributed by atoms with van der Waals surface area (Å²) in [6, 6.07) is 3.79. The monoisotopic (exact) mass is 320 g/mol. The van der Waals surface area contributed by atoms with Gasteiger partial charge in [-0.05, 0) is 31.0 Å². The smallest absolute Gasteiger partial charge is 0.308 e. The third-order valence-electron chi connectivity index (χ3n) is 4.40. The maximum absolute atomic E-state index is 13.3. The number of likely N-dealkylation sites (tertiary alicyclic amines) is 1. The molecule has 0 saturated carbocycles. The number of ether oxygens (including phenoxy) is 1. The molecule has 6 nitrogen and oxygen atoms in total. The molecule has 0 atom stereocenters. The number of hydrogen-bond donors (Lipinski definition) is 0. The summed E-state index contributed by atoms with van der Waals surface area (Å²) in [5.41, 5.74) is 0.552. The number of amides is 1. The van der Waals surface area contributed by atoms with Crippen LogP contribution < -0.4 is 4.90 Å². The van der Waals surface area contributed by atoms with E-state index in [9.17, 15) is 18.8 Å². The standard InChI is InChI=1S/C16H17FN2O4/c1-23-16(22)10-4-6-18(7-5-10)9-19-13-3-2-11(17)8-12(13)14(20)15(19)21/h2-3,8,10H,4-7,9H2,1H3. The van der Waals surface area contributed by atoms with E-state index in [2.05, 4.69) is 0 Å². The van der Waals surface area contributed by atoms with Gasteiger partial charge < -0.3 is 4.74 Å². The number of rotatable bonds is 3. The minimum Gasteiger partial charge on any atom is -0.469 e. The van der Waals surface area contributed by atoms with Gasteiger partial charge in [-0.25, -0.2) is 4.39 Å². The Labute approximate surface area is 132 Å². The highest BCUT2D eigenvalue weighted by Crippen LogP contribution is 2.30. The molecule has 122 valence electrons. The van der Waals surface area contributed by atoms with E-state index in [-0.39, 0.29) is 24.1 Å². The second-order valence-electron chi connectivity index (χ2n) is 5.78. The zero-order valence-corrected chi connectivity index (χ0v) is 12.8. The van der Waals surface area contributed by atoms with Crippen LogP contribution in [-0.4, -0.2) is 49.4 Å². The van der Waals surface area contributed by atoms with Crippen molar-refractivity contribution in [1.29, 1.82) is 0 Å². The van der Waals surface area contributed by atoms with E-state index in [1.807, 2.05) is 4.90 Å². The number of methoxy groups -OCH3 is 1. The molecule has 7 heteroatoms. The Morgan fingerprint density at radius 2 is 2.00 bits per heavy atom. The van der Waals surface area contributed by atoms with Gasteiger partial charge >= 0.3 is 11.9 Å². The van der Waals surface area contributed by atoms with Crippen molar-refractivity contribution in [2.75, 3.05) is 31.8 Å². The number of Topliss-reactive ketones (excluding diaryl/α,β-unsaturated/α-hetero) is 1. The first-order valence-corrected chi connectivity index (χ1v) is 7.47. The predicted octanol–water partition coefficient (Wildman–Crippen LogP) is 1.20. The van der Waals surface area contributed by atoms with Gasteiger partial charge in [0, 0.05) is 13.1 Å². The molecule has 1 fully saturated rings. The maximum atomic E-state index is 13.3. The van der Waals surface area contributed by atoms with Gasteiger partial charge in [-0.15, -0.1) is 0 Å². The third-order valence-corrected chi connectivity index (χ3v) is 4.40. The molecule has 1 saturated heterocycles. The number of hydrogen-bond acceptors (Lipinski definition) is 5. The van der Waals surface area contributed by atoms with Crippen LogP contribution in [0.15, 0.2) is 18.2 Å². The largest absolute Gasteiger partial charge is 0.469 e. The molecular weight excluding hydrogens is 303 g/mol.